The van der Waals surface area contributed by atoms with E-state index in [9.17, 15) is 18.4 Å². The number of nitrogens with two attached hydrogens (primary N) is 1. The van der Waals surface area contributed by atoms with Gasteiger partial charge in [0.25, 0.3) is 0 Å². The minimum Gasteiger partial charge on any atom is -0.342 e. The molecule has 2 aliphatic rings. The Morgan fingerprint density at radius 3 is 2.30 bits per heavy atom. The van der Waals surface area contributed by atoms with Gasteiger partial charge in [-0.1, -0.05) is 12.8 Å². The highest BCUT2D eigenvalue weighted by atomic mass is 19.1. The van der Waals surface area contributed by atoms with Gasteiger partial charge in [-0.25, -0.2) is 8.78 Å². The number of carbonyl (C=O) groups excluding carboxylic acids is 2. The molecule has 1 saturated carbocycles. The van der Waals surface area contributed by atoms with Crippen LogP contribution in [0.25, 0.3) is 0 Å². The van der Waals surface area contributed by atoms with E-state index in [0.717, 1.165) is 56.7 Å². The summed E-state index contributed by atoms with van der Waals surface area (Å²) in [6, 6.07) is 2.91. The minimum absolute atomic E-state index is 0.0404. The minimum atomic E-state index is -0.724. The molecule has 1 saturated heterocycles. The molecular weight excluding hydrogens is 352 g/mol. The van der Waals surface area contributed by atoms with Crippen molar-refractivity contribution >= 4 is 17.5 Å². The van der Waals surface area contributed by atoms with Crippen LogP contribution in [0.3, 0.4) is 0 Å². The van der Waals surface area contributed by atoms with Crippen molar-refractivity contribution in [3.05, 3.63) is 29.8 Å². The molecule has 0 unspecified atom stereocenters. The fraction of sp³-hybridized carbons (Fsp3) is 0.600. The van der Waals surface area contributed by atoms with Crippen LogP contribution in [-0.4, -0.2) is 35.8 Å². The number of benzene rings is 1. The molecule has 0 aromatic heterocycles. The lowest BCUT2D eigenvalue weighted by atomic mass is 9.83. The molecule has 7 heteroatoms. The fourth-order valence-corrected chi connectivity index (χ4v) is 4.16. The third-order valence-electron chi connectivity index (χ3n) is 5.68. The molecule has 2 fully saturated rings. The van der Waals surface area contributed by atoms with Gasteiger partial charge in [0.15, 0.2) is 0 Å². The zero-order valence-electron chi connectivity index (χ0n) is 15.4. The van der Waals surface area contributed by atoms with Gasteiger partial charge >= 0.3 is 0 Å². The number of piperidine rings is 1. The van der Waals surface area contributed by atoms with Crippen LogP contribution in [0.1, 0.15) is 44.9 Å². The van der Waals surface area contributed by atoms with Crippen LogP contribution < -0.4 is 11.1 Å². The van der Waals surface area contributed by atoms with Gasteiger partial charge in [0.1, 0.15) is 11.6 Å². The summed E-state index contributed by atoms with van der Waals surface area (Å²) in [5, 5.41) is 2.55. The van der Waals surface area contributed by atoms with E-state index in [2.05, 4.69) is 5.32 Å². The predicted molar refractivity (Wildman–Crippen MR) is 98.8 cm³/mol. The van der Waals surface area contributed by atoms with Crippen LogP contribution in [0.15, 0.2) is 18.2 Å². The van der Waals surface area contributed by atoms with Crippen LogP contribution >= 0.6 is 0 Å². The Morgan fingerprint density at radius 2 is 1.67 bits per heavy atom. The van der Waals surface area contributed by atoms with Crippen LogP contribution in [0, 0.1) is 23.5 Å². The molecule has 1 heterocycles. The van der Waals surface area contributed by atoms with Crippen LogP contribution in [0.5, 0.6) is 0 Å². The standard InChI is InChI=1S/C20H27F2N3O2/c21-14-10-15(22)12-16(11-14)24-19(26)9-13-5-7-25(8-6-13)20(27)17-3-1-2-4-18(17)23/h10-13,17-18H,1-9,23H2,(H,24,26)/t17-,18-/m0/s1. The Morgan fingerprint density at radius 1 is 1.04 bits per heavy atom. The Labute approximate surface area is 158 Å². The van der Waals surface area contributed by atoms with E-state index in [4.69, 9.17) is 5.73 Å². The van der Waals surface area contributed by atoms with E-state index in [1.54, 1.807) is 0 Å². The molecule has 2 atom stereocenters. The molecule has 0 radical (unpaired) electrons. The largest absolute Gasteiger partial charge is 0.342 e. The quantitative estimate of drug-likeness (QED) is 0.844. The number of hydrogen-bond donors (Lipinski definition) is 2. The van der Waals surface area contributed by atoms with Crippen molar-refractivity contribution in [3.63, 3.8) is 0 Å². The smallest absolute Gasteiger partial charge is 0.227 e. The molecule has 5 nitrogen and oxygen atoms in total. The summed E-state index contributed by atoms with van der Waals surface area (Å²) in [7, 11) is 0. The van der Waals surface area contributed by atoms with Crippen molar-refractivity contribution in [1.29, 1.82) is 0 Å². The molecule has 1 aliphatic carbocycles. The monoisotopic (exact) mass is 379 g/mol. The third kappa shape index (κ3) is 5.25. The number of nitrogens with one attached hydrogen (secondary N) is 1. The second-order valence-corrected chi connectivity index (χ2v) is 7.73. The summed E-state index contributed by atoms with van der Waals surface area (Å²) in [5.74, 6) is -1.47. The molecule has 148 valence electrons. The third-order valence-corrected chi connectivity index (χ3v) is 5.68. The van der Waals surface area contributed by atoms with Crippen molar-refractivity contribution in [2.75, 3.05) is 18.4 Å². The molecule has 0 bridgehead atoms. The van der Waals surface area contributed by atoms with E-state index >= 15 is 0 Å². The molecule has 1 aromatic rings. The Balaban J connectivity index is 1.46. The van der Waals surface area contributed by atoms with Crippen LogP contribution in [-0.2, 0) is 9.59 Å². The SMILES string of the molecule is N[C@H]1CCCC[C@@H]1C(=O)N1CCC(CC(=O)Nc2cc(F)cc(F)c2)CC1. The zero-order chi connectivity index (χ0) is 19.4. The number of amides is 2. The van der Waals surface area contributed by atoms with Gasteiger partial charge in [-0.15, -0.1) is 0 Å². The normalized spacial score (nSPS) is 23.9. The summed E-state index contributed by atoms with van der Waals surface area (Å²) in [4.78, 5) is 26.7. The van der Waals surface area contributed by atoms with E-state index in [1.807, 2.05) is 4.90 Å². The van der Waals surface area contributed by atoms with Crippen molar-refractivity contribution in [3.8, 4) is 0 Å². The average molecular weight is 379 g/mol. The zero-order valence-corrected chi connectivity index (χ0v) is 15.4. The maximum Gasteiger partial charge on any atom is 0.227 e. The second kappa shape index (κ2) is 8.78. The summed E-state index contributed by atoms with van der Waals surface area (Å²) in [5.41, 5.74) is 6.24. The summed E-state index contributed by atoms with van der Waals surface area (Å²) < 4.78 is 26.4. The number of anilines is 1. The lowest BCUT2D eigenvalue weighted by Crippen LogP contribution is -2.48. The number of rotatable bonds is 4. The lowest BCUT2D eigenvalue weighted by molar-refractivity contribution is -0.138. The summed E-state index contributed by atoms with van der Waals surface area (Å²) >= 11 is 0. The maximum absolute atomic E-state index is 13.2. The van der Waals surface area contributed by atoms with E-state index in [-0.39, 0.29) is 41.8 Å². The van der Waals surface area contributed by atoms with Crippen LogP contribution in [0.2, 0.25) is 0 Å². The van der Waals surface area contributed by atoms with Crippen molar-refractivity contribution in [2.45, 2.75) is 51.0 Å². The van der Waals surface area contributed by atoms with E-state index in [1.165, 1.54) is 0 Å². The topological polar surface area (TPSA) is 75.4 Å². The molecule has 1 aromatic carbocycles. The first-order valence-corrected chi connectivity index (χ1v) is 9.72. The maximum atomic E-state index is 13.2. The molecular formula is C20H27F2N3O2. The van der Waals surface area contributed by atoms with E-state index < -0.39 is 11.6 Å². The predicted octanol–water partition coefficient (Wildman–Crippen LogP) is 3.05. The Bertz CT molecular complexity index is 670. The number of carbonyl (C=O) groups is 2. The van der Waals surface area contributed by atoms with Crippen molar-refractivity contribution in [2.24, 2.45) is 17.6 Å². The first kappa shape index (κ1) is 19.7. The van der Waals surface area contributed by atoms with Gasteiger partial charge in [0.2, 0.25) is 11.8 Å². The molecule has 3 N–H and O–H groups in total. The highest BCUT2D eigenvalue weighted by molar-refractivity contribution is 5.90. The second-order valence-electron chi connectivity index (χ2n) is 7.73. The van der Waals surface area contributed by atoms with Gasteiger partial charge in [-0.2, -0.15) is 0 Å². The highest BCUT2D eigenvalue weighted by Crippen LogP contribution is 2.28. The van der Waals surface area contributed by atoms with Gasteiger partial charge in [0.05, 0.1) is 5.92 Å². The fourth-order valence-electron chi connectivity index (χ4n) is 4.16. The number of likely N-dealkylation sites (tertiary alicyclic amines) is 1. The summed E-state index contributed by atoms with van der Waals surface area (Å²) in [6.07, 6.45) is 5.71. The Kier molecular flexibility index (Phi) is 6.42. The number of nitrogens with zero attached hydrogens (tertiary/aromatic N) is 1. The molecule has 1 aliphatic heterocycles. The highest BCUT2D eigenvalue weighted by Gasteiger charge is 2.33. The summed E-state index contributed by atoms with van der Waals surface area (Å²) in [6.45, 7) is 1.27. The number of halogens is 2. The Hall–Kier alpha value is -2.02. The average Bonchev–Trinajstić information content (AvgIpc) is 2.61. The molecule has 0 spiro atoms. The molecule has 2 amide bonds. The van der Waals surface area contributed by atoms with Gasteiger partial charge in [-0.05, 0) is 43.7 Å². The first-order valence-electron chi connectivity index (χ1n) is 9.72. The van der Waals surface area contributed by atoms with Crippen LogP contribution in [0.4, 0.5) is 14.5 Å². The van der Waals surface area contributed by atoms with Crippen molar-refractivity contribution < 1.29 is 18.4 Å². The number of hydrogen-bond acceptors (Lipinski definition) is 3. The van der Waals surface area contributed by atoms with Gasteiger partial charge in [0, 0.05) is 37.3 Å². The van der Waals surface area contributed by atoms with Gasteiger partial charge in [-0.3, -0.25) is 9.59 Å². The lowest BCUT2D eigenvalue weighted by Gasteiger charge is -2.37. The van der Waals surface area contributed by atoms with Crippen molar-refractivity contribution in [1.82, 2.24) is 4.90 Å². The van der Waals surface area contributed by atoms with Gasteiger partial charge < -0.3 is 16.0 Å². The first-order chi connectivity index (χ1) is 12.9. The van der Waals surface area contributed by atoms with E-state index in [0.29, 0.717) is 13.1 Å². The molecule has 27 heavy (non-hydrogen) atoms. The molecule has 3 rings (SSSR count).